The third kappa shape index (κ3) is 4.03. The van der Waals surface area contributed by atoms with Crippen LogP contribution in [0.2, 0.25) is 0 Å². The molecule has 0 fully saturated rings. The highest BCUT2D eigenvalue weighted by Crippen LogP contribution is 2.27. The summed E-state index contributed by atoms with van der Waals surface area (Å²) in [5, 5.41) is 0. The van der Waals surface area contributed by atoms with Crippen LogP contribution < -0.4 is 4.74 Å². The molecule has 26 heavy (non-hydrogen) atoms. The van der Waals surface area contributed by atoms with Crippen molar-refractivity contribution in [3.8, 4) is 5.75 Å². The number of halogens is 1. The summed E-state index contributed by atoms with van der Waals surface area (Å²) in [6.07, 6.45) is 0. The Morgan fingerprint density at radius 3 is 2.35 bits per heavy atom. The van der Waals surface area contributed by atoms with Crippen molar-refractivity contribution in [2.24, 2.45) is 0 Å². The molecule has 6 nitrogen and oxygen atoms in total. The predicted molar refractivity (Wildman–Crippen MR) is 96.1 cm³/mol. The van der Waals surface area contributed by atoms with Gasteiger partial charge in [0.05, 0.1) is 7.11 Å². The van der Waals surface area contributed by atoms with Gasteiger partial charge in [0.2, 0.25) is 10.0 Å². The molecular weight excluding hydrogens is 359 g/mol. The predicted octanol–water partition coefficient (Wildman–Crippen LogP) is 2.36. The van der Waals surface area contributed by atoms with E-state index in [0.29, 0.717) is 5.56 Å². The molecule has 0 radical (unpaired) electrons. The quantitative estimate of drug-likeness (QED) is 0.772. The van der Waals surface area contributed by atoms with Gasteiger partial charge in [-0.2, -0.15) is 0 Å². The fraction of sp³-hybridized carbons (Fsp3) is 0.278. The minimum absolute atomic E-state index is 0.0628. The number of sulfonamides is 1. The first-order chi connectivity index (χ1) is 12.2. The van der Waals surface area contributed by atoms with Gasteiger partial charge in [-0.3, -0.25) is 4.79 Å². The van der Waals surface area contributed by atoms with E-state index in [1.807, 2.05) is 0 Å². The van der Waals surface area contributed by atoms with Crippen LogP contribution in [0.3, 0.4) is 0 Å². The van der Waals surface area contributed by atoms with E-state index < -0.39 is 21.7 Å². The first kappa shape index (κ1) is 19.9. The highest BCUT2D eigenvalue weighted by atomic mass is 32.2. The maximum absolute atomic E-state index is 13.8. The van der Waals surface area contributed by atoms with Crippen molar-refractivity contribution in [3.05, 3.63) is 59.4 Å². The molecule has 0 aliphatic rings. The van der Waals surface area contributed by atoms with Crippen molar-refractivity contribution >= 4 is 15.9 Å². The zero-order valence-corrected chi connectivity index (χ0v) is 15.9. The summed E-state index contributed by atoms with van der Waals surface area (Å²) >= 11 is 0. The van der Waals surface area contributed by atoms with Crippen molar-refractivity contribution in [1.82, 2.24) is 9.21 Å². The number of nitrogens with zero attached hydrogens (tertiary/aromatic N) is 2. The van der Waals surface area contributed by atoms with Gasteiger partial charge in [-0.15, -0.1) is 0 Å². The van der Waals surface area contributed by atoms with E-state index >= 15 is 0 Å². The lowest BCUT2D eigenvalue weighted by atomic mass is 10.1. The van der Waals surface area contributed by atoms with Crippen LogP contribution in [0.15, 0.2) is 47.4 Å². The van der Waals surface area contributed by atoms with Gasteiger partial charge in [0, 0.05) is 38.8 Å². The average molecular weight is 380 g/mol. The Balaban J connectivity index is 2.36. The standard InChI is InChI=1S/C18H21FN2O4S/c1-20(2)26(23,24)17-11-13(9-10-16(17)25-4)18(22)21(3)12-14-7-5-6-8-15(14)19/h5-11H,12H2,1-4H3. The molecule has 0 unspecified atom stereocenters. The van der Waals surface area contributed by atoms with Gasteiger partial charge in [-0.25, -0.2) is 17.1 Å². The van der Waals surface area contributed by atoms with E-state index in [-0.39, 0.29) is 22.8 Å². The van der Waals surface area contributed by atoms with Gasteiger partial charge >= 0.3 is 0 Å². The molecule has 2 aromatic carbocycles. The number of ether oxygens (including phenoxy) is 1. The van der Waals surface area contributed by atoms with E-state index in [0.717, 1.165) is 4.31 Å². The molecule has 0 spiro atoms. The van der Waals surface area contributed by atoms with Crippen molar-refractivity contribution in [3.63, 3.8) is 0 Å². The van der Waals surface area contributed by atoms with Gasteiger partial charge in [-0.1, -0.05) is 18.2 Å². The number of hydrogen-bond donors (Lipinski definition) is 0. The van der Waals surface area contributed by atoms with Crippen LogP contribution in [0, 0.1) is 5.82 Å². The molecule has 0 atom stereocenters. The molecule has 1 amide bonds. The number of hydrogen-bond acceptors (Lipinski definition) is 4. The monoisotopic (exact) mass is 380 g/mol. The highest BCUT2D eigenvalue weighted by molar-refractivity contribution is 7.89. The Bertz CT molecular complexity index is 913. The number of carbonyl (C=O) groups is 1. The maximum Gasteiger partial charge on any atom is 0.253 e. The zero-order chi connectivity index (χ0) is 19.5. The van der Waals surface area contributed by atoms with Gasteiger partial charge in [0.25, 0.3) is 5.91 Å². The molecule has 0 bridgehead atoms. The summed E-state index contributed by atoms with van der Waals surface area (Å²) in [5.41, 5.74) is 0.545. The molecule has 140 valence electrons. The SMILES string of the molecule is COc1ccc(C(=O)N(C)Cc2ccccc2F)cc1S(=O)(=O)N(C)C. The van der Waals surface area contributed by atoms with E-state index in [4.69, 9.17) is 4.74 Å². The molecule has 0 aliphatic heterocycles. The molecular formula is C18H21FN2O4S. The summed E-state index contributed by atoms with van der Waals surface area (Å²) in [6, 6.07) is 10.4. The molecule has 0 heterocycles. The van der Waals surface area contributed by atoms with E-state index in [1.165, 1.54) is 57.4 Å². The molecule has 0 N–H and O–H groups in total. The first-order valence-electron chi connectivity index (χ1n) is 7.78. The third-order valence-corrected chi connectivity index (χ3v) is 5.72. The lowest BCUT2D eigenvalue weighted by Gasteiger charge is -2.19. The summed E-state index contributed by atoms with van der Waals surface area (Å²) < 4.78 is 44.9. The summed E-state index contributed by atoms with van der Waals surface area (Å²) in [7, 11) is 1.89. The molecule has 0 aromatic heterocycles. The Kier molecular flexibility index (Phi) is 5.99. The first-order valence-corrected chi connectivity index (χ1v) is 9.22. The van der Waals surface area contributed by atoms with Crippen LogP contribution in [-0.4, -0.2) is 51.8 Å². The second kappa shape index (κ2) is 7.84. The molecule has 0 saturated carbocycles. The third-order valence-electron chi connectivity index (χ3n) is 3.88. The van der Waals surface area contributed by atoms with E-state index in [9.17, 15) is 17.6 Å². The topological polar surface area (TPSA) is 66.9 Å². The van der Waals surface area contributed by atoms with Gasteiger partial charge in [0.1, 0.15) is 16.5 Å². The average Bonchev–Trinajstić information content (AvgIpc) is 2.62. The fourth-order valence-electron chi connectivity index (χ4n) is 2.38. The summed E-state index contributed by atoms with van der Waals surface area (Å²) in [5.74, 6) is -0.684. The van der Waals surface area contributed by atoms with Crippen molar-refractivity contribution < 1.29 is 22.3 Å². The minimum Gasteiger partial charge on any atom is -0.495 e. The molecule has 8 heteroatoms. The fourth-order valence-corrected chi connectivity index (χ4v) is 3.46. The number of amides is 1. The molecule has 2 rings (SSSR count). The second-order valence-electron chi connectivity index (χ2n) is 5.91. The zero-order valence-electron chi connectivity index (χ0n) is 15.1. The normalized spacial score (nSPS) is 11.5. The number of carbonyl (C=O) groups excluding carboxylic acids is 1. The Hall–Kier alpha value is -2.45. The minimum atomic E-state index is -3.79. The Morgan fingerprint density at radius 1 is 1.12 bits per heavy atom. The van der Waals surface area contributed by atoms with Crippen molar-refractivity contribution in [1.29, 1.82) is 0 Å². The van der Waals surface area contributed by atoms with Gasteiger partial charge in [-0.05, 0) is 24.3 Å². The van der Waals surface area contributed by atoms with Crippen LogP contribution in [0.25, 0.3) is 0 Å². The second-order valence-corrected chi connectivity index (χ2v) is 8.03. The summed E-state index contributed by atoms with van der Waals surface area (Å²) in [4.78, 5) is 13.9. The maximum atomic E-state index is 13.8. The van der Waals surface area contributed by atoms with Crippen LogP contribution in [0.1, 0.15) is 15.9 Å². The Morgan fingerprint density at radius 2 is 1.77 bits per heavy atom. The van der Waals surface area contributed by atoms with Crippen LogP contribution >= 0.6 is 0 Å². The van der Waals surface area contributed by atoms with Gasteiger partial charge in [0.15, 0.2) is 0 Å². The van der Waals surface area contributed by atoms with E-state index in [2.05, 4.69) is 0 Å². The van der Waals surface area contributed by atoms with Gasteiger partial charge < -0.3 is 9.64 Å². The van der Waals surface area contributed by atoms with E-state index in [1.54, 1.807) is 18.2 Å². The number of rotatable bonds is 6. The van der Waals surface area contributed by atoms with Crippen LogP contribution in [0.5, 0.6) is 5.75 Å². The van der Waals surface area contributed by atoms with Crippen molar-refractivity contribution in [2.45, 2.75) is 11.4 Å². The van der Waals surface area contributed by atoms with Crippen LogP contribution in [-0.2, 0) is 16.6 Å². The highest BCUT2D eigenvalue weighted by Gasteiger charge is 2.24. The summed E-state index contributed by atoms with van der Waals surface area (Å²) in [6.45, 7) is 0.0628. The molecule has 0 saturated heterocycles. The molecule has 0 aliphatic carbocycles. The Labute approximate surface area is 152 Å². The number of methoxy groups -OCH3 is 1. The lowest BCUT2D eigenvalue weighted by molar-refractivity contribution is 0.0783. The van der Waals surface area contributed by atoms with Crippen molar-refractivity contribution in [2.75, 3.05) is 28.3 Å². The lowest BCUT2D eigenvalue weighted by Crippen LogP contribution is -2.27. The van der Waals surface area contributed by atoms with Crippen LogP contribution in [0.4, 0.5) is 4.39 Å². The smallest absolute Gasteiger partial charge is 0.253 e. The largest absolute Gasteiger partial charge is 0.495 e. The molecule has 2 aromatic rings. The number of benzene rings is 2.